The first-order valence-electron chi connectivity index (χ1n) is 6.15. The molecule has 0 radical (unpaired) electrons. The molecule has 0 aliphatic heterocycles. The molecule has 3 unspecified atom stereocenters. The van der Waals surface area contributed by atoms with Gasteiger partial charge in [-0.3, -0.25) is 4.79 Å². The van der Waals surface area contributed by atoms with E-state index in [0.29, 0.717) is 11.7 Å². The van der Waals surface area contributed by atoms with Gasteiger partial charge in [0.1, 0.15) is 5.60 Å². The molecule has 0 heterocycles. The molecule has 0 bridgehead atoms. The second-order valence-corrected chi connectivity index (χ2v) is 5.07. The van der Waals surface area contributed by atoms with E-state index in [9.17, 15) is 4.79 Å². The van der Waals surface area contributed by atoms with Crippen LogP contribution in [0.25, 0.3) is 0 Å². The Hall–Kier alpha value is -0.370. The predicted molar refractivity (Wildman–Crippen MR) is 61.8 cm³/mol. The van der Waals surface area contributed by atoms with Crippen molar-refractivity contribution >= 4 is 5.78 Å². The number of rotatable bonds is 4. The number of Topliss-reactive ketones (excluding diaryl/α,β-unsaturated/α-hetero) is 1. The molecule has 15 heavy (non-hydrogen) atoms. The first kappa shape index (κ1) is 12.7. The second kappa shape index (κ2) is 5.11. The Morgan fingerprint density at radius 1 is 1.60 bits per heavy atom. The SMILES string of the molecule is CCC(C)C(=O)C1(OC)CCCC(C)C1. The molecule has 1 saturated carbocycles. The van der Waals surface area contributed by atoms with Crippen molar-refractivity contribution in [2.45, 2.75) is 58.5 Å². The third kappa shape index (κ3) is 2.60. The smallest absolute Gasteiger partial charge is 0.167 e. The van der Waals surface area contributed by atoms with Crippen LogP contribution in [-0.4, -0.2) is 18.5 Å². The molecular weight excluding hydrogens is 188 g/mol. The van der Waals surface area contributed by atoms with E-state index < -0.39 is 5.60 Å². The van der Waals surface area contributed by atoms with E-state index in [1.807, 2.05) is 6.92 Å². The van der Waals surface area contributed by atoms with Crippen LogP contribution >= 0.6 is 0 Å². The van der Waals surface area contributed by atoms with Crippen LogP contribution in [0.1, 0.15) is 52.9 Å². The molecule has 88 valence electrons. The molecule has 3 atom stereocenters. The predicted octanol–water partition coefficient (Wildman–Crippen LogP) is 3.20. The number of methoxy groups -OCH3 is 1. The highest BCUT2D eigenvalue weighted by atomic mass is 16.5. The van der Waals surface area contributed by atoms with Crippen LogP contribution in [0.4, 0.5) is 0 Å². The lowest BCUT2D eigenvalue weighted by atomic mass is 9.73. The molecule has 1 fully saturated rings. The quantitative estimate of drug-likeness (QED) is 0.715. The van der Waals surface area contributed by atoms with Crippen molar-refractivity contribution in [3.8, 4) is 0 Å². The minimum Gasteiger partial charge on any atom is -0.370 e. The van der Waals surface area contributed by atoms with Gasteiger partial charge in [-0.25, -0.2) is 0 Å². The van der Waals surface area contributed by atoms with E-state index in [2.05, 4.69) is 13.8 Å². The fourth-order valence-electron chi connectivity index (χ4n) is 2.65. The van der Waals surface area contributed by atoms with Crippen LogP contribution in [0.2, 0.25) is 0 Å². The molecule has 0 aromatic heterocycles. The standard InChI is InChI=1S/C13H24O2/c1-5-11(3)12(14)13(15-4)8-6-7-10(2)9-13/h10-11H,5-9H2,1-4H3. The Labute approximate surface area is 93.4 Å². The van der Waals surface area contributed by atoms with Gasteiger partial charge in [-0.15, -0.1) is 0 Å². The highest BCUT2D eigenvalue weighted by Crippen LogP contribution is 2.37. The largest absolute Gasteiger partial charge is 0.370 e. The van der Waals surface area contributed by atoms with Gasteiger partial charge in [0, 0.05) is 13.0 Å². The fourth-order valence-corrected chi connectivity index (χ4v) is 2.65. The van der Waals surface area contributed by atoms with Gasteiger partial charge in [-0.1, -0.05) is 27.2 Å². The Balaban J connectivity index is 2.79. The van der Waals surface area contributed by atoms with Gasteiger partial charge in [0.15, 0.2) is 5.78 Å². The zero-order valence-corrected chi connectivity index (χ0v) is 10.5. The zero-order valence-electron chi connectivity index (χ0n) is 10.5. The lowest BCUT2D eigenvalue weighted by molar-refractivity contribution is -0.151. The Morgan fingerprint density at radius 3 is 2.73 bits per heavy atom. The molecule has 0 aromatic rings. The molecular formula is C13H24O2. The molecule has 0 saturated heterocycles. The first-order chi connectivity index (χ1) is 7.05. The van der Waals surface area contributed by atoms with Gasteiger partial charge in [-0.2, -0.15) is 0 Å². The molecule has 0 spiro atoms. The minimum atomic E-state index is -0.465. The van der Waals surface area contributed by atoms with Crippen LogP contribution in [0, 0.1) is 11.8 Å². The van der Waals surface area contributed by atoms with Crippen LogP contribution in [-0.2, 0) is 9.53 Å². The van der Waals surface area contributed by atoms with Crippen molar-refractivity contribution in [1.29, 1.82) is 0 Å². The Kier molecular flexibility index (Phi) is 4.32. The van der Waals surface area contributed by atoms with E-state index in [1.165, 1.54) is 6.42 Å². The van der Waals surface area contributed by atoms with E-state index in [1.54, 1.807) is 7.11 Å². The molecule has 1 aliphatic rings. The number of carbonyl (C=O) groups is 1. The topological polar surface area (TPSA) is 26.3 Å². The average molecular weight is 212 g/mol. The van der Waals surface area contributed by atoms with Crippen LogP contribution in [0.15, 0.2) is 0 Å². The van der Waals surface area contributed by atoms with Crippen molar-refractivity contribution in [1.82, 2.24) is 0 Å². The van der Waals surface area contributed by atoms with Crippen molar-refractivity contribution in [3.63, 3.8) is 0 Å². The molecule has 0 aromatic carbocycles. The molecule has 1 aliphatic carbocycles. The normalized spacial score (nSPS) is 33.7. The van der Waals surface area contributed by atoms with E-state index in [-0.39, 0.29) is 5.92 Å². The molecule has 0 N–H and O–H groups in total. The first-order valence-corrected chi connectivity index (χ1v) is 6.15. The lowest BCUT2D eigenvalue weighted by Crippen LogP contribution is -2.47. The summed E-state index contributed by atoms with van der Waals surface area (Å²) in [5, 5.41) is 0. The van der Waals surface area contributed by atoms with E-state index in [0.717, 1.165) is 25.7 Å². The van der Waals surface area contributed by atoms with Gasteiger partial charge in [-0.05, 0) is 31.6 Å². The van der Waals surface area contributed by atoms with Crippen molar-refractivity contribution in [2.24, 2.45) is 11.8 Å². The maximum absolute atomic E-state index is 12.3. The number of carbonyl (C=O) groups excluding carboxylic acids is 1. The lowest BCUT2D eigenvalue weighted by Gasteiger charge is -2.39. The number of ketones is 1. The van der Waals surface area contributed by atoms with E-state index in [4.69, 9.17) is 4.74 Å². The molecule has 2 nitrogen and oxygen atoms in total. The van der Waals surface area contributed by atoms with Crippen LogP contribution < -0.4 is 0 Å². The summed E-state index contributed by atoms with van der Waals surface area (Å²) in [5.74, 6) is 1.07. The van der Waals surface area contributed by atoms with Gasteiger partial charge in [0.25, 0.3) is 0 Å². The monoisotopic (exact) mass is 212 g/mol. The summed E-state index contributed by atoms with van der Waals surface area (Å²) in [6.45, 7) is 6.30. The maximum Gasteiger partial charge on any atom is 0.167 e. The highest BCUT2D eigenvalue weighted by molar-refractivity contribution is 5.89. The third-order valence-electron chi connectivity index (χ3n) is 3.86. The van der Waals surface area contributed by atoms with Crippen LogP contribution in [0.3, 0.4) is 0 Å². The van der Waals surface area contributed by atoms with Gasteiger partial charge < -0.3 is 4.74 Å². The summed E-state index contributed by atoms with van der Waals surface area (Å²) in [6, 6.07) is 0. The summed E-state index contributed by atoms with van der Waals surface area (Å²) in [7, 11) is 1.69. The number of hydrogen-bond donors (Lipinski definition) is 0. The van der Waals surface area contributed by atoms with Crippen molar-refractivity contribution in [2.75, 3.05) is 7.11 Å². The summed E-state index contributed by atoms with van der Waals surface area (Å²) in [6.07, 6.45) is 5.10. The highest BCUT2D eigenvalue weighted by Gasteiger charge is 2.42. The summed E-state index contributed by atoms with van der Waals surface area (Å²) in [5.41, 5.74) is -0.465. The maximum atomic E-state index is 12.3. The number of ether oxygens (including phenoxy) is 1. The summed E-state index contributed by atoms with van der Waals surface area (Å²) < 4.78 is 5.58. The second-order valence-electron chi connectivity index (χ2n) is 5.07. The van der Waals surface area contributed by atoms with Crippen molar-refractivity contribution < 1.29 is 9.53 Å². The molecule has 2 heteroatoms. The van der Waals surface area contributed by atoms with Gasteiger partial charge in [0.2, 0.25) is 0 Å². The van der Waals surface area contributed by atoms with E-state index >= 15 is 0 Å². The van der Waals surface area contributed by atoms with Gasteiger partial charge in [0.05, 0.1) is 0 Å². The zero-order chi connectivity index (χ0) is 11.5. The van der Waals surface area contributed by atoms with Gasteiger partial charge >= 0.3 is 0 Å². The number of hydrogen-bond acceptors (Lipinski definition) is 2. The third-order valence-corrected chi connectivity index (χ3v) is 3.86. The minimum absolute atomic E-state index is 0.134. The Morgan fingerprint density at radius 2 is 2.27 bits per heavy atom. The average Bonchev–Trinajstić information content (AvgIpc) is 2.26. The Bertz CT molecular complexity index is 225. The molecule has 0 amide bonds. The molecule has 1 rings (SSSR count). The van der Waals surface area contributed by atoms with Crippen molar-refractivity contribution in [3.05, 3.63) is 0 Å². The summed E-state index contributed by atoms with van der Waals surface area (Å²) in [4.78, 5) is 12.3. The summed E-state index contributed by atoms with van der Waals surface area (Å²) >= 11 is 0. The fraction of sp³-hybridized carbons (Fsp3) is 0.923. The van der Waals surface area contributed by atoms with Crippen LogP contribution in [0.5, 0.6) is 0 Å².